The summed E-state index contributed by atoms with van der Waals surface area (Å²) in [6, 6.07) is 27.6. The predicted octanol–water partition coefficient (Wildman–Crippen LogP) is 5.05. The number of pyridine rings is 1. The van der Waals surface area contributed by atoms with Gasteiger partial charge in [-0.2, -0.15) is 0 Å². The lowest BCUT2D eigenvalue weighted by Crippen LogP contribution is -2.15. The van der Waals surface area contributed by atoms with Crippen LogP contribution in [0.4, 0.5) is 11.4 Å². The van der Waals surface area contributed by atoms with Crippen LogP contribution in [-0.2, 0) is 10.0 Å². The minimum absolute atomic E-state index is 0.149. The van der Waals surface area contributed by atoms with E-state index in [0.29, 0.717) is 16.9 Å². The van der Waals surface area contributed by atoms with Crippen molar-refractivity contribution in [3.05, 3.63) is 115 Å². The third kappa shape index (κ3) is 4.53. The van der Waals surface area contributed by atoms with Crippen molar-refractivity contribution in [2.45, 2.75) is 4.90 Å². The maximum atomic E-state index is 12.8. The molecule has 0 aliphatic rings. The Morgan fingerprint density at radius 1 is 0.794 bits per heavy atom. The molecule has 7 nitrogen and oxygen atoms in total. The molecule has 0 fully saturated rings. The maximum absolute atomic E-state index is 12.8. The van der Waals surface area contributed by atoms with Crippen molar-refractivity contribution in [2.24, 2.45) is 0 Å². The molecule has 0 aliphatic heterocycles. The minimum atomic E-state index is -3.75. The molecule has 0 radical (unpaired) electrons. The van der Waals surface area contributed by atoms with Gasteiger partial charge in [-0.15, -0.1) is 0 Å². The Morgan fingerprint density at radius 3 is 2.32 bits per heavy atom. The lowest BCUT2D eigenvalue weighted by molar-refractivity contribution is 0.102. The molecule has 5 aromatic rings. The molecule has 168 valence electrons. The van der Waals surface area contributed by atoms with E-state index < -0.39 is 10.0 Å². The largest absolute Gasteiger partial charge is 0.322 e. The van der Waals surface area contributed by atoms with Gasteiger partial charge in [0.15, 0.2) is 0 Å². The molecule has 1 amide bonds. The van der Waals surface area contributed by atoms with E-state index in [4.69, 9.17) is 0 Å². The standard InChI is InChI=1S/C26H20N4O3S/c31-26(20-7-6-8-22(17-20)29-34(32,33)23-9-2-1-3-10-23)27-21-14-12-19(13-15-21)24-18-30-16-5-4-11-25(30)28-24/h1-18,29H,(H,27,31). The number of benzene rings is 3. The van der Waals surface area contributed by atoms with Crippen LogP contribution in [0.2, 0.25) is 0 Å². The van der Waals surface area contributed by atoms with Gasteiger partial charge in [0.25, 0.3) is 15.9 Å². The van der Waals surface area contributed by atoms with Gasteiger partial charge in [0.1, 0.15) is 5.65 Å². The molecule has 2 heterocycles. The van der Waals surface area contributed by atoms with Crippen LogP contribution in [-0.4, -0.2) is 23.7 Å². The van der Waals surface area contributed by atoms with Gasteiger partial charge < -0.3 is 9.72 Å². The molecule has 0 spiro atoms. The highest BCUT2D eigenvalue weighted by molar-refractivity contribution is 7.92. The fourth-order valence-corrected chi connectivity index (χ4v) is 4.61. The summed E-state index contributed by atoms with van der Waals surface area (Å²) in [6.45, 7) is 0. The van der Waals surface area contributed by atoms with Gasteiger partial charge in [-0.3, -0.25) is 9.52 Å². The lowest BCUT2D eigenvalue weighted by Gasteiger charge is -2.10. The van der Waals surface area contributed by atoms with Crippen molar-refractivity contribution >= 4 is 33.0 Å². The molecule has 0 saturated heterocycles. The van der Waals surface area contributed by atoms with Gasteiger partial charge in [-0.1, -0.05) is 42.5 Å². The Labute approximate surface area is 196 Å². The number of sulfonamides is 1. The Kier molecular flexibility index (Phi) is 5.57. The van der Waals surface area contributed by atoms with Gasteiger partial charge >= 0.3 is 0 Å². The number of fused-ring (bicyclic) bond motifs is 1. The zero-order valence-corrected chi connectivity index (χ0v) is 18.7. The number of rotatable bonds is 6. The molecule has 8 heteroatoms. The van der Waals surface area contributed by atoms with Crippen LogP contribution in [0, 0.1) is 0 Å². The number of aromatic nitrogens is 2. The van der Waals surface area contributed by atoms with Crippen molar-refractivity contribution in [2.75, 3.05) is 10.0 Å². The normalized spacial score (nSPS) is 11.3. The quantitative estimate of drug-likeness (QED) is 0.365. The number of imidazole rings is 1. The van der Waals surface area contributed by atoms with Crippen LogP contribution in [0.15, 0.2) is 114 Å². The Hall–Kier alpha value is -4.43. The number of nitrogens with one attached hydrogen (secondary N) is 2. The first-order valence-corrected chi connectivity index (χ1v) is 12.0. The number of hydrogen-bond acceptors (Lipinski definition) is 4. The second-order valence-corrected chi connectivity index (χ2v) is 9.31. The second kappa shape index (κ2) is 8.84. The van der Waals surface area contributed by atoms with Crippen LogP contribution < -0.4 is 10.0 Å². The number of nitrogens with zero attached hydrogens (tertiary/aromatic N) is 2. The first-order valence-electron chi connectivity index (χ1n) is 10.5. The molecule has 0 unspecified atom stereocenters. The van der Waals surface area contributed by atoms with Crippen molar-refractivity contribution in [3.8, 4) is 11.3 Å². The van der Waals surface area contributed by atoms with Gasteiger partial charge in [0, 0.05) is 34.9 Å². The SMILES string of the molecule is O=C(Nc1ccc(-c2cn3ccccc3n2)cc1)c1cccc(NS(=O)(=O)c2ccccc2)c1. The first kappa shape index (κ1) is 21.4. The molecule has 0 atom stereocenters. The highest BCUT2D eigenvalue weighted by Crippen LogP contribution is 2.22. The van der Waals surface area contributed by atoms with E-state index >= 15 is 0 Å². The molecule has 2 N–H and O–H groups in total. The van der Waals surface area contributed by atoms with Crippen molar-refractivity contribution in [1.29, 1.82) is 0 Å². The van der Waals surface area contributed by atoms with Crippen molar-refractivity contribution in [1.82, 2.24) is 9.38 Å². The molecule has 2 aromatic heterocycles. The topological polar surface area (TPSA) is 92.6 Å². The van der Waals surface area contributed by atoms with Crippen LogP contribution in [0.5, 0.6) is 0 Å². The van der Waals surface area contributed by atoms with E-state index in [1.807, 2.05) is 47.1 Å². The van der Waals surface area contributed by atoms with Crippen LogP contribution in [0.1, 0.15) is 10.4 Å². The Bertz CT molecular complexity index is 1540. The molecule has 0 bridgehead atoms. The highest BCUT2D eigenvalue weighted by atomic mass is 32.2. The van der Waals surface area contributed by atoms with Gasteiger partial charge in [0.2, 0.25) is 0 Å². The fourth-order valence-electron chi connectivity index (χ4n) is 3.54. The number of carbonyl (C=O) groups is 1. The average Bonchev–Trinajstić information content (AvgIpc) is 3.29. The predicted molar refractivity (Wildman–Crippen MR) is 132 cm³/mol. The van der Waals surface area contributed by atoms with Crippen LogP contribution in [0.25, 0.3) is 16.9 Å². The summed E-state index contributed by atoms with van der Waals surface area (Å²) in [5.41, 5.74) is 3.88. The molecule has 3 aromatic carbocycles. The van der Waals surface area contributed by atoms with E-state index in [-0.39, 0.29) is 10.8 Å². The smallest absolute Gasteiger partial charge is 0.261 e. The first-order chi connectivity index (χ1) is 16.5. The molecular weight excluding hydrogens is 448 g/mol. The van der Waals surface area contributed by atoms with Gasteiger partial charge in [-0.05, 0) is 54.6 Å². The molecule has 5 rings (SSSR count). The third-order valence-electron chi connectivity index (χ3n) is 5.23. The summed E-state index contributed by atoms with van der Waals surface area (Å²) < 4.78 is 29.6. The number of hydrogen-bond donors (Lipinski definition) is 2. The molecular formula is C26H20N4O3S. The second-order valence-electron chi connectivity index (χ2n) is 7.62. The Morgan fingerprint density at radius 2 is 1.56 bits per heavy atom. The molecule has 34 heavy (non-hydrogen) atoms. The average molecular weight is 469 g/mol. The monoisotopic (exact) mass is 468 g/mol. The number of carbonyl (C=O) groups excluding carboxylic acids is 1. The zero-order valence-electron chi connectivity index (χ0n) is 17.9. The van der Waals surface area contributed by atoms with E-state index in [1.165, 1.54) is 18.2 Å². The van der Waals surface area contributed by atoms with E-state index in [0.717, 1.165) is 16.9 Å². The summed E-state index contributed by atoms with van der Waals surface area (Å²) >= 11 is 0. The van der Waals surface area contributed by atoms with Crippen molar-refractivity contribution < 1.29 is 13.2 Å². The third-order valence-corrected chi connectivity index (χ3v) is 6.63. The Balaban J connectivity index is 1.30. The van der Waals surface area contributed by atoms with Gasteiger partial charge in [0.05, 0.1) is 10.6 Å². The lowest BCUT2D eigenvalue weighted by atomic mass is 10.1. The van der Waals surface area contributed by atoms with E-state index in [1.54, 1.807) is 48.5 Å². The summed E-state index contributed by atoms with van der Waals surface area (Å²) in [5, 5.41) is 2.84. The summed E-state index contributed by atoms with van der Waals surface area (Å²) in [7, 11) is -3.75. The molecule has 0 aliphatic carbocycles. The minimum Gasteiger partial charge on any atom is -0.322 e. The number of anilines is 2. The fraction of sp³-hybridized carbons (Fsp3) is 0. The van der Waals surface area contributed by atoms with E-state index in [9.17, 15) is 13.2 Å². The summed E-state index contributed by atoms with van der Waals surface area (Å²) in [6.07, 6.45) is 3.89. The van der Waals surface area contributed by atoms with E-state index in [2.05, 4.69) is 15.0 Å². The summed E-state index contributed by atoms with van der Waals surface area (Å²) in [5.74, 6) is -0.346. The van der Waals surface area contributed by atoms with Gasteiger partial charge in [-0.25, -0.2) is 13.4 Å². The number of amides is 1. The molecule has 0 saturated carbocycles. The zero-order chi connectivity index (χ0) is 23.5. The highest BCUT2D eigenvalue weighted by Gasteiger charge is 2.15. The van der Waals surface area contributed by atoms with Crippen LogP contribution >= 0.6 is 0 Å². The van der Waals surface area contributed by atoms with Crippen LogP contribution in [0.3, 0.4) is 0 Å². The summed E-state index contributed by atoms with van der Waals surface area (Å²) in [4.78, 5) is 17.5. The van der Waals surface area contributed by atoms with Crippen molar-refractivity contribution in [3.63, 3.8) is 0 Å². The maximum Gasteiger partial charge on any atom is 0.261 e.